The second-order valence-electron chi connectivity index (χ2n) is 5.35. The number of anilines is 1. The molecular weight excluding hydrogens is 254 g/mol. The topological polar surface area (TPSA) is 93.8 Å². The molecule has 3 N–H and O–H groups in total. The molecule has 2 rings (SSSR count). The fraction of sp³-hybridized carbons (Fsp3) is 0.714. The van der Waals surface area contributed by atoms with Crippen molar-refractivity contribution in [2.45, 2.75) is 58.4 Å². The number of nitrogens with two attached hydrogens (primary N) is 1. The van der Waals surface area contributed by atoms with E-state index in [1.165, 1.54) is 0 Å². The molecule has 1 amide bonds. The summed E-state index contributed by atoms with van der Waals surface area (Å²) in [7, 11) is 0. The molecule has 1 aliphatic carbocycles. The van der Waals surface area contributed by atoms with Crippen LogP contribution in [0.4, 0.5) is 5.95 Å². The first-order valence-corrected chi connectivity index (χ1v) is 7.42. The SMILES string of the molecule is CCc1nnc(NC(=O)C2CCCC(N)C2)nc1CC. The lowest BCUT2D eigenvalue weighted by atomic mass is 9.85. The molecule has 0 spiro atoms. The van der Waals surface area contributed by atoms with Crippen LogP contribution in [0.25, 0.3) is 0 Å². The summed E-state index contributed by atoms with van der Waals surface area (Å²) in [4.78, 5) is 16.6. The number of hydrogen-bond donors (Lipinski definition) is 2. The van der Waals surface area contributed by atoms with Gasteiger partial charge in [0.2, 0.25) is 11.9 Å². The molecule has 6 nitrogen and oxygen atoms in total. The lowest BCUT2D eigenvalue weighted by molar-refractivity contribution is -0.120. The van der Waals surface area contributed by atoms with Gasteiger partial charge in [0, 0.05) is 12.0 Å². The molecule has 0 bridgehead atoms. The summed E-state index contributed by atoms with van der Waals surface area (Å²) in [6, 6.07) is 0.132. The highest BCUT2D eigenvalue weighted by Crippen LogP contribution is 2.24. The summed E-state index contributed by atoms with van der Waals surface area (Å²) in [6.45, 7) is 4.04. The predicted octanol–water partition coefficient (Wildman–Crippen LogP) is 1.45. The zero-order valence-corrected chi connectivity index (χ0v) is 12.2. The summed E-state index contributed by atoms with van der Waals surface area (Å²) >= 11 is 0. The fourth-order valence-electron chi connectivity index (χ4n) is 2.67. The average molecular weight is 277 g/mol. The molecule has 2 atom stereocenters. The van der Waals surface area contributed by atoms with Gasteiger partial charge in [0.15, 0.2) is 0 Å². The lowest BCUT2D eigenvalue weighted by Gasteiger charge is -2.25. The fourth-order valence-corrected chi connectivity index (χ4v) is 2.67. The number of carbonyl (C=O) groups excluding carboxylic acids is 1. The third-order valence-electron chi connectivity index (χ3n) is 3.83. The van der Waals surface area contributed by atoms with Crippen molar-refractivity contribution < 1.29 is 4.79 Å². The van der Waals surface area contributed by atoms with Crippen LogP contribution in [0, 0.1) is 5.92 Å². The van der Waals surface area contributed by atoms with Gasteiger partial charge in [-0.3, -0.25) is 10.1 Å². The Kier molecular flexibility index (Phi) is 5.00. The maximum atomic E-state index is 12.2. The van der Waals surface area contributed by atoms with Crippen molar-refractivity contribution in [1.82, 2.24) is 15.2 Å². The minimum atomic E-state index is -0.0340. The van der Waals surface area contributed by atoms with Gasteiger partial charge in [-0.25, -0.2) is 4.98 Å². The van der Waals surface area contributed by atoms with Gasteiger partial charge in [-0.05, 0) is 32.1 Å². The largest absolute Gasteiger partial charge is 0.328 e. The molecular formula is C14H23N5O. The molecule has 1 aromatic rings. The van der Waals surface area contributed by atoms with Crippen molar-refractivity contribution in [3.8, 4) is 0 Å². The van der Waals surface area contributed by atoms with E-state index in [-0.39, 0.29) is 17.9 Å². The predicted molar refractivity (Wildman–Crippen MR) is 77.1 cm³/mol. The first-order valence-electron chi connectivity index (χ1n) is 7.42. The zero-order chi connectivity index (χ0) is 14.5. The first-order chi connectivity index (χ1) is 9.63. The molecule has 1 heterocycles. The van der Waals surface area contributed by atoms with Crippen LogP contribution in [-0.2, 0) is 17.6 Å². The number of nitrogens with one attached hydrogen (secondary N) is 1. The van der Waals surface area contributed by atoms with Crippen LogP contribution in [0.15, 0.2) is 0 Å². The van der Waals surface area contributed by atoms with Crippen molar-refractivity contribution in [1.29, 1.82) is 0 Å². The molecule has 6 heteroatoms. The lowest BCUT2D eigenvalue weighted by Crippen LogP contribution is -2.34. The molecule has 0 radical (unpaired) electrons. The molecule has 1 fully saturated rings. The number of carbonyl (C=O) groups is 1. The van der Waals surface area contributed by atoms with E-state index in [1.807, 2.05) is 13.8 Å². The summed E-state index contributed by atoms with van der Waals surface area (Å²) in [5, 5.41) is 10.9. The number of aryl methyl sites for hydroxylation is 2. The zero-order valence-electron chi connectivity index (χ0n) is 12.2. The third kappa shape index (κ3) is 3.50. The Morgan fingerprint density at radius 1 is 1.25 bits per heavy atom. The Balaban J connectivity index is 2.03. The van der Waals surface area contributed by atoms with Gasteiger partial charge in [0.25, 0.3) is 0 Å². The number of rotatable bonds is 4. The van der Waals surface area contributed by atoms with Crippen LogP contribution in [-0.4, -0.2) is 27.1 Å². The standard InChI is InChI=1S/C14H23N5O/c1-3-11-12(4-2)18-19-14(16-11)17-13(20)9-6-5-7-10(15)8-9/h9-10H,3-8,15H2,1-2H3,(H,16,17,19,20). The Labute approximate surface area is 119 Å². The molecule has 0 aromatic carbocycles. The molecule has 1 aliphatic rings. The van der Waals surface area contributed by atoms with E-state index in [9.17, 15) is 4.79 Å². The second-order valence-corrected chi connectivity index (χ2v) is 5.35. The monoisotopic (exact) mass is 277 g/mol. The molecule has 0 saturated heterocycles. The number of nitrogens with zero attached hydrogens (tertiary/aromatic N) is 3. The second kappa shape index (κ2) is 6.74. The van der Waals surface area contributed by atoms with E-state index in [4.69, 9.17) is 5.73 Å². The highest BCUT2D eigenvalue weighted by molar-refractivity contribution is 5.90. The molecule has 110 valence electrons. The van der Waals surface area contributed by atoms with E-state index in [0.717, 1.165) is 49.9 Å². The first kappa shape index (κ1) is 14.8. The van der Waals surface area contributed by atoms with Crippen molar-refractivity contribution in [2.75, 3.05) is 5.32 Å². The normalized spacial score (nSPS) is 22.6. The van der Waals surface area contributed by atoms with Gasteiger partial charge < -0.3 is 5.73 Å². The molecule has 20 heavy (non-hydrogen) atoms. The van der Waals surface area contributed by atoms with Gasteiger partial charge >= 0.3 is 0 Å². The Morgan fingerprint density at radius 2 is 2.00 bits per heavy atom. The Hall–Kier alpha value is -1.56. The smallest absolute Gasteiger partial charge is 0.249 e. The minimum Gasteiger partial charge on any atom is -0.328 e. The minimum absolute atomic E-state index is 0.0294. The maximum Gasteiger partial charge on any atom is 0.249 e. The van der Waals surface area contributed by atoms with Crippen molar-refractivity contribution in [3.05, 3.63) is 11.4 Å². The number of aromatic nitrogens is 3. The van der Waals surface area contributed by atoms with Crippen molar-refractivity contribution >= 4 is 11.9 Å². The summed E-state index contributed by atoms with van der Waals surface area (Å²) in [6.07, 6.45) is 5.23. The van der Waals surface area contributed by atoms with Crippen LogP contribution >= 0.6 is 0 Å². The van der Waals surface area contributed by atoms with Crippen molar-refractivity contribution in [2.24, 2.45) is 11.7 Å². The van der Waals surface area contributed by atoms with Crippen LogP contribution in [0.5, 0.6) is 0 Å². The maximum absolute atomic E-state index is 12.2. The molecule has 1 saturated carbocycles. The van der Waals surface area contributed by atoms with Gasteiger partial charge in [-0.1, -0.05) is 20.3 Å². The third-order valence-corrected chi connectivity index (χ3v) is 3.83. The highest BCUT2D eigenvalue weighted by Gasteiger charge is 2.26. The highest BCUT2D eigenvalue weighted by atomic mass is 16.2. The van der Waals surface area contributed by atoms with Gasteiger partial charge in [0.05, 0.1) is 11.4 Å². The van der Waals surface area contributed by atoms with E-state index < -0.39 is 0 Å². The van der Waals surface area contributed by atoms with Crippen molar-refractivity contribution in [3.63, 3.8) is 0 Å². The summed E-state index contributed by atoms with van der Waals surface area (Å²) in [5.41, 5.74) is 7.71. The Morgan fingerprint density at radius 3 is 2.65 bits per heavy atom. The van der Waals surface area contributed by atoms with E-state index in [2.05, 4.69) is 20.5 Å². The van der Waals surface area contributed by atoms with Gasteiger partial charge in [-0.15, -0.1) is 10.2 Å². The number of amides is 1. The van der Waals surface area contributed by atoms with Gasteiger partial charge in [-0.2, -0.15) is 0 Å². The molecule has 0 aliphatic heterocycles. The summed E-state index contributed by atoms with van der Waals surface area (Å²) < 4.78 is 0. The number of hydrogen-bond acceptors (Lipinski definition) is 5. The van der Waals surface area contributed by atoms with Crippen LogP contribution in [0.3, 0.4) is 0 Å². The average Bonchev–Trinajstić information content (AvgIpc) is 2.47. The van der Waals surface area contributed by atoms with Crippen LogP contribution in [0.1, 0.15) is 50.9 Å². The Bertz CT molecular complexity index is 477. The molecule has 2 unspecified atom stereocenters. The van der Waals surface area contributed by atoms with Crippen LogP contribution < -0.4 is 11.1 Å². The quantitative estimate of drug-likeness (QED) is 0.868. The summed E-state index contributed by atoms with van der Waals surface area (Å²) in [5.74, 6) is 0.245. The van der Waals surface area contributed by atoms with E-state index in [1.54, 1.807) is 0 Å². The van der Waals surface area contributed by atoms with Gasteiger partial charge in [0.1, 0.15) is 0 Å². The molecule has 1 aromatic heterocycles. The van der Waals surface area contributed by atoms with E-state index >= 15 is 0 Å². The van der Waals surface area contributed by atoms with E-state index in [0.29, 0.717) is 5.95 Å². The van der Waals surface area contributed by atoms with Crippen LogP contribution in [0.2, 0.25) is 0 Å².